The fourth-order valence-corrected chi connectivity index (χ4v) is 3.21. The van der Waals surface area contributed by atoms with Gasteiger partial charge in [0.1, 0.15) is 5.54 Å². The second-order valence-corrected chi connectivity index (χ2v) is 6.02. The largest absolute Gasteiger partial charge is 0.315 e. The number of guanidine groups is 1. The molecule has 2 aliphatic heterocycles. The summed E-state index contributed by atoms with van der Waals surface area (Å²) in [6.07, 6.45) is 5.91. The van der Waals surface area contributed by atoms with Crippen LogP contribution < -0.4 is 0 Å². The Hall–Kier alpha value is -2.53. The van der Waals surface area contributed by atoms with Gasteiger partial charge in [0, 0.05) is 24.4 Å². The van der Waals surface area contributed by atoms with Crippen LogP contribution in [0.5, 0.6) is 0 Å². The molecule has 1 unspecified atom stereocenters. The van der Waals surface area contributed by atoms with Gasteiger partial charge in [-0.2, -0.15) is 0 Å². The normalized spacial score (nSPS) is 20.6. The summed E-state index contributed by atoms with van der Waals surface area (Å²) in [5.74, 6) is 0.763. The van der Waals surface area contributed by atoms with Crippen molar-refractivity contribution in [3.05, 3.63) is 84.1 Å². The first-order valence-corrected chi connectivity index (χ1v) is 7.98. The topological polar surface area (TPSA) is 45.0 Å². The molecule has 4 rings (SSSR count). The van der Waals surface area contributed by atoms with Crippen LogP contribution in [-0.2, 0) is 5.54 Å². The van der Waals surface area contributed by atoms with Gasteiger partial charge in [-0.3, -0.25) is 4.79 Å². The van der Waals surface area contributed by atoms with Gasteiger partial charge >= 0.3 is 0 Å². The molecular formula is C20H18BrN3O. The van der Waals surface area contributed by atoms with Crippen LogP contribution >= 0.6 is 17.0 Å². The predicted octanol–water partition coefficient (Wildman–Crippen LogP) is 4.00. The van der Waals surface area contributed by atoms with Crippen LogP contribution in [0.25, 0.3) is 0 Å². The number of carbonyl (C=O) groups is 1. The zero-order chi connectivity index (χ0) is 16.4. The number of halogens is 1. The Morgan fingerprint density at radius 1 is 1.04 bits per heavy atom. The quantitative estimate of drug-likeness (QED) is 0.734. The zero-order valence-corrected chi connectivity index (χ0v) is 15.3. The Morgan fingerprint density at radius 2 is 1.72 bits per heavy atom. The summed E-state index contributed by atoms with van der Waals surface area (Å²) in [5.41, 5.74) is 1.16. The maximum Gasteiger partial charge on any atom is 0.225 e. The maximum atomic E-state index is 12.8. The summed E-state index contributed by atoms with van der Waals surface area (Å²) < 4.78 is 0. The van der Waals surface area contributed by atoms with Gasteiger partial charge in [-0.05, 0) is 11.6 Å². The third-order valence-corrected chi connectivity index (χ3v) is 4.40. The van der Waals surface area contributed by atoms with E-state index in [1.165, 1.54) is 0 Å². The molecular weight excluding hydrogens is 378 g/mol. The summed E-state index contributed by atoms with van der Waals surface area (Å²) in [6.45, 7) is 0.624. The second kappa shape index (κ2) is 7.15. The Morgan fingerprint density at radius 3 is 2.40 bits per heavy atom. The minimum atomic E-state index is -0.602. The van der Waals surface area contributed by atoms with E-state index in [-0.39, 0.29) is 22.8 Å². The van der Waals surface area contributed by atoms with Crippen molar-refractivity contribution in [3.63, 3.8) is 0 Å². The first kappa shape index (κ1) is 17.3. The van der Waals surface area contributed by atoms with Crippen molar-refractivity contribution in [2.24, 2.45) is 9.98 Å². The highest BCUT2D eigenvalue weighted by molar-refractivity contribution is 8.93. The summed E-state index contributed by atoms with van der Waals surface area (Å²) in [6, 6.07) is 19.4. The van der Waals surface area contributed by atoms with Gasteiger partial charge < -0.3 is 4.90 Å². The van der Waals surface area contributed by atoms with E-state index < -0.39 is 5.54 Å². The minimum absolute atomic E-state index is 0. The molecule has 0 amide bonds. The number of benzene rings is 2. The summed E-state index contributed by atoms with van der Waals surface area (Å²) in [5, 5.41) is 0. The number of ketones is 1. The van der Waals surface area contributed by atoms with E-state index in [0.717, 1.165) is 11.1 Å². The van der Waals surface area contributed by atoms with Crippen molar-refractivity contribution in [1.82, 2.24) is 4.90 Å². The van der Waals surface area contributed by atoms with E-state index in [1.54, 1.807) is 6.21 Å². The molecule has 0 aromatic heterocycles. The smallest absolute Gasteiger partial charge is 0.225 e. The number of carbonyl (C=O) groups excluding carboxylic acids is 1. The number of allylic oxidation sites excluding steroid dienone is 1. The first-order valence-electron chi connectivity index (χ1n) is 7.98. The molecule has 1 atom stereocenters. The highest BCUT2D eigenvalue weighted by Crippen LogP contribution is 2.37. The SMILES string of the molecule is Br.O=C(CC1(c2ccccc2)CN2C=CC=NC2=N1)c1ccccc1. The van der Waals surface area contributed by atoms with Crippen LogP contribution in [0.3, 0.4) is 0 Å². The lowest BCUT2D eigenvalue weighted by Crippen LogP contribution is -2.33. The molecule has 0 saturated carbocycles. The van der Waals surface area contributed by atoms with E-state index in [0.29, 0.717) is 18.9 Å². The van der Waals surface area contributed by atoms with Crippen LogP contribution in [-0.4, -0.2) is 29.4 Å². The van der Waals surface area contributed by atoms with Gasteiger partial charge in [-0.1, -0.05) is 60.7 Å². The number of aliphatic imine (C=N–C) groups is 2. The molecule has 25 heavy (non-hydrogen) atoms. The Bertz CT molecular complexity index is 846. The zero-order valence-electron chi connectivity index (χ0n) is 13.6. The van der Waals surface area contributed by atoms with E-state index >= 15 is 0 Å². The molecule has 0 N–H and O–H groups in total. The van der Waals surface area contributed by atoms with Gasteiger partial charge in [0.2, 0.25) is 5.96 Å². The Balaban J connectivity index is 0.00000182. The fourth-order valence-electron chi connectivity index (χ4n) is 3.21. The van der Waals surface area contributed by atoms with Crippen molar-refractivity contribution >= 4 is 34.9 Å². The minimum Gasteiger partial charge on any atom is -0.315 e. The molecule has 0 aliphatic carbocycles. The molecule has 0 spiro atoms. The number of rotatable bonds is 4. The number of fused-ring (bicyclic) bond motifs is 1. The van der Waals surface area contributed by atoms with Crippen molar-refractivity contribution < 1.29 is 4.79 Å². The number of nitrogens with zero attached hydrogens (tertiary/aromatic N) is 3. The van der Waals surface area contributed by atoms with Gasteiger partial charge in [-0.15, -0.1) is 17.0 Å². The molecule has 2 aromatic rings. The van der Waals surface area contributed by atoms with Crippen molar-refractivity contribution in [2.75, 3.05) is 6.54 Å². The molecule has 0 saturated heterocycles. The molecule has 2 aliphatic rings. The Labute approximate surface area is 157 Å². The second-order valence-electron chi connectivity index (χ2n) is 6.02. The summed E-state index contributed by atoms with van der Waals surface area (Å²) >= 11 is 0. The van der Waals surface area contributed by atoms with Crippen LogP contribution in [0.1, 0.15) is 22.3 Å². The van der Waals surface area contributed by atoms with E-state index in [4.69, 9.17) is 4.99 Å². The highest BCUT2D eigenvalue weighted by Gasteiger charge is 2.42. The average molecular weight is 396 g/mol. The fraction of sp³-hybridized carbons (Fsp3) is 0.150. The highest BCUT2D eigenvalue weighted by atomic mass is 79.9. The standard InChI is InChI=1S/C20H17N3O.BrH/c24-18(16-8-3-1-4-9-16)14-20(17-10-5-2-6-11-17)15-23-13-7-12-21-19(23)22-20;/h1-13H,14-15H2;1H. The molecule has 0 radical (unpaired) electrons. The lowest BCUT2D eigenvalue weighted by Gasteiger charge is -2.27. The molecule has 2 heterocycles. The van der Waals surface area contributed by atoms with Crippen molar-refractivity contribution in [2.45, 2.75) is 12.0 Å². The average Bonchev–Trinajstić information content (AvgIpc) is 3.02. The van der Waals surface area contributed by atoms with Gasteiger partial charge in [0.05, 0.1) is 6.54 Å². The van der Waals surface area contributed by atoms with Crippen LogP contribution in [0.15, 0.2) is 82.9 Å². The number of hydrogen-bond donors (Lipinski definition) is 0. The third kappa shape index (κ3) is 3.33. The molecule has 4 nitrogen and oxygen atoms in total. The van der Waals surface area contributed by atoms with Gasteiger partial charge in [0.15, 0.2) is 5.78 Å². The molecule has 0 bridgehead atoms. The number of Topliss-reactive ketones (excluding diaryl/α,β-unsaturated/α-hetero) is 1. The number of hydrogen-bond acceptors (Lipinski definition) is 4. The van der Waals surface area contributed by atoms with Gasteiger partial charge in [0.25, 0.3) is 0 Å². The van der Waals surface area contributed by atoms with Gasteiger partial charge in [-0.25, -0.2) is 9.98 Å². The van der Waals surface area contributed by atoms with E-state index in [1.807, 2.05) is 77.8 Å². The molecule has 0 fully saturated rings. The Kier molecular flexibility index (Phi) is 4.95. The maximum absolute atomic E-state index is 12.8. The summed E-state index contributed by atoms with van der Waals surface area (Å²) in [7, 11) is 0. The van der Waals surface area contributed by atoms with Crippen LogP contribution in [0, 0.1) is 0 Å². The van der Waals surface area contributed by atoms with Crippen LogP contribution in [0.2, 0.25) is 0 Å². The predicted molar refractivity (Wildman–Crippen MR) is 106 cm³/mol. The van der Waals surface area contributed by atoms with E-state index in [9.17, 15) is 4.79 Å². The molecule has 5 heteroatoms. The van der Waals surface area contributed by atoms with Crippen LogP contribution in [0.4, 0.5) is 0 Å². The van der Waals surface area contributed by atoms with Crippen molar-refractivity contribution in [1.29, 1.82) is 0 Å². The summed E-state index contributed by atoms with van der Waals surface area (Å²) in [4.78, 5) is 24.0. The third-order valence-electron chi connectivity index (χ3n) is 4.40. The first-order chi connectivity index (χ1) is 11.8. The van der Waals surface area contributed by atoms with E-state index in [2.05, 4.69) is 4.99 Å². The molecule has 2 aromatic carbocycles. The lowest BCUT2D eigenvalue weighted by molar-refractivity contribution is 0.0950. The molecule has 126 valence electrons. The van der Waals surface area contributed by atoms with Crippen molar-refractivity contribution in [3.8, 4) is 0 Å². The lowest BCUT2D eigenvalue weighted by atomic mass is 9.84. The monoisotopic (exact) mass is 395 g/mol.